The van der Waals surface area contributed by atoms with E-state index in [4.69, 9.17) is 5.14 Å². The van der Waals surface area contributed by atoms with Gasteiger partial charge in [0.25, 0.3) is 0 Å². The molecule has 96 valence electrons. The molecule has 0 spiro atoms. The minimum absolute atomic E-state index is 0.334. The molecule has 0 unspecified atom stereocenters. The molecule has 1 aromatic heterocycles. The van der Waals surface area contributed by atoms with Gasteiger partial charge in [-0.2, -0.15) is 0 Å². The van der Waals surface area contributed by atoms with Gasteiger partial charge in [-0.3, -0.25) is 0 Å². The minimum atomic E-state index is -3.60. The van der Waals surface area contributed by atoms with Gasteiger partial charge in [0.1, 0.15) is 4.21 Å². The van der Waals surface area contributed by atoms with Crippen LogP contribution in [-0.4, -0.2) is 8.42 Å². The Morgan fingerprint density at radius 3 is 2.47 bits per heavy atom. The smallest absolute Gasteiger partial charge is 0.224 e. The molecule has 0 bridgehead atoms. The van der Waals surface area contributed by atoms with Crippen molar-refractivity contribution in [3.05, 3.63) is 28.7 Å². The Kier molecular flexibility index (Phi) is 4.91. The lowest BCUT2D eigenvalue weighted by Gasteiger charge is -2.05. The van der Waals surface area contributed by atoms with Gasteiger partial charge in [-0.15, -0.1) is 17.9 Å². The van der Waals surface area contributed by atoms with E-state index in [0.717, 1.165) is 35.3 Å². The van der Waals surface area contributed by atoms with E-state index in [1.807, 2.05) is 6.92 Å². The maximum atomic E-state index is 11.5. The summed E-state index contributed by atoms with van der Waals surface area (Å²) in [5, 5.41) is 5.26. The molecule has 0 aliphatic rings. The van der Waals surface area contributed by atoms with E-state index in [-0.39, 0.29) is 0 Å². The van der Waals surface area contributed by atoms with Crippen LogP contribution >= 0.6 is 11.3 Å². The number of hydrogen-bond donors (Lipinski definition) is 1. The molecule has 2 N–H and O–H groups in total. The van der Waals surface area contributed by atoms with Gasteiger partial charge in [-0.25, -0.2) is 13.6 Å². The summed E-state index contributed by atoms with van der Waals surface area (Å²) in [4.78, 5) is 1.06. The summed E-state index contributed by atoms with van der Waals surface area (Å²) in [6, 6.07) is 0. The standard InChI is InChI=1S/C12H19NO2S2/c1-4-6-8-11-10(7-5-2)9(3)16-12(11)17(13,14)15/h4H,1,5-8H2,2-3H3,(H2,13,14,15). The van der Waals surface area contributed by atoms with Gasteiger partial charge >= 0.3 is 0 Å². The molecule has 0 aliphatic heterocycles. The molecule has 1 aromatic rings. The first-order valence-electron chi connectivity index (χ1n) is 5.66. The Morgan fingerprint density at radius 1 is 1.35 bits per heavy atom. The Balaban J connectivity index is 3.30. The third kappa shape index (κ3) is 3.40. The average molecular weight is 273 g/mol. The van der Waals surface area contributed by atoms with Crippen LogP contribution in [0.15, 0.2) is 16.9 Å². The van der Waals surface area contributed by atoms with Crippen LogP contribution in [0.4, 0.5) is 0 Å². The predicted octanol–water partition coefficient (Wildman–Crippen LogP) is 2.78. The van der Waals surface area contributed by atoms with Gasteiger partial charge in [0.05, 0.1) is 0 Å². The molecule has 0 atom stereocenters. The Morgan fingerprint density at radius 2 is 2.00 bits per heavy atom. The number of thiophene rings is 1. The second-order valence-corrected chi connectivity index (χ2v) is 7.01. The molecule has 1 heterocycles. The number of sulfonamides is 1. The fourth-order valence-electron chi connectivity index (χ4n) is 1.90. The predicted molar refractivity (Wildman–Crippen MR) is 72.9 cm³/mol. The first kappa shape index (κ1) is 14.4. The van der Waals surface area contributed by atoms with Crippen LogP contribution in [0.2, 0.25) is 0 Å². The molecule has 0 aliphatic carbocycles. The van der Waals surface area contributed by atoms with E-state index in [0.29, 0.717) is 10.6 Å². The second kappa shape index (κ2) is 5.80. The van der Waals surface area contributed by atoms with Gasteiger partial charge in [-0.05, 0) is 37.3 Å². The zero-order valence-electron chi connectivity index (χ0n) is 10.3. The highest BCUT2D eigenvalue weighted by molar-refractivity contribution is 7.91. The van der Waals surface area contributed by atoms with Crippen molar-refractivity contribution in [2.75, 3.05) is 0 Å². The highest BCUT2D eigenvalue weighted by Crippen LogP contribution is 2.33. The van der Waals surface area contributed by atoms with Gasteiger partial charge in [0.15, 0.2) is 0 Å². The molecular formula is C12H19NO2S2. The van der Waals surface area contributed by atoms with Gasteiger partial charge < -0.3 is 0 Å². The number of hydrogen-bond acceptors (Lipinski definition) is 3. The average Bonchev–Trinajstić information content (AvgIpc) is 2.54. The van der Waals surface area contributed by atoms with Crippen molar-refractivity contribution >= 4 is 21.4 Å². The van der Waals surface area contributed by atoms with Crippen molar-refractivity contribution in [1.29, 1.82) is 0 Å². The van der Waals surface area contributed by atoms with Gasteiger partial charge in [-0.1, -0.05) is 19.4 Å². The van der Waals surface area contributed by atoms with Crippen LogP contribution in [-0.2, 0) is 22.9 Å². The largest absolute Gasteiger partial charge is 0.247 e. The molecule has 0 saturated carbocycles. The lowest BCUT2D eigenvalue weighted by Crippen LogP contribution is -2.12. The topological polar surface area (TPSA) is 60.2 Å². The van der Waals surface area contributed by atoms with Crippen molar-refractivity contribution in [3.63, 3.8) is 0 Å². The van der Waals surface area contributed by atoms with Gasteiger partial charge in [0.2, 0.25) is 10.0 Å². The Hall–Kier alpha value is -0.650. The van der Waals surface area contributed by atoms with Crippen molar-refractivity contribution < 1.29 is 8.42 Å². The minimum Gasteiger partial charge on any atom is -0.224 e. The van der Waals surface area contributed by atoms with Gasteiger partial charge in [0, 0.05) is 4.88 Å². The molecular weight excluding hydrogens is 254 g/mol. The first-order chi connectivity index (χ1) is 7.91. The first-order valence-corrected chi connectivity index (χ1v) is 8.02. The fourth-order valence-corrected chi connectivity index (χ4v) is 4.29. The van der Waals surface area contributed by atoms with Crippen molar-refractivity contribution in [2.45, 2.75) is 43.7 Å². The van der Waals surface area contributed by atoms with Crippen molar-refractivity contribution in [2.24, 2.45) is 5.14 Å². The van der Waals surface area contributed by atoms with Crippen LogP contribution in [0, 0.1) is 6.92 Å². The van der Waals surface area contributed by atoms with E-state index < -0.39 is 10.0 Å². The quantitative estimate of drug-likeness (QED) is 0.810. The molecule has 0 amide bonds. The van der Waals surface area contributed by atoms with Crippen LogP contribution < -0.4 is 5.14 Å². The van der Waals surface area contributed by atoms with Crippen molar-refractivity contribution in [3.8, 4) is 0 Å². The van der Waals surface area contributed by atoms with Crippen LogP contribution in [0.3, 0.4) is 0 Å². The molecule has 3 nitrogen and oxygen atoms in total. The number of nitrogens with two attached hydrogens (primary N) is 1. The fraction of sp³-hybridized carbons (Fsp3) is 0.500. The highest BCUT2D eigenvalue weighted by Gasteiger charge is 2.21. The van der Waals surface area contributed by atoms with Crippen LogP contribution in [0.1, 0.15) is 35.8 Å². The Bertz CT molecular complexity index is 501. The molecule has 1 rings (SSSR count). The number of aryl methyl sites for hydroxylation is 1. The second-order valence-electron chi connectivity index (χ2n) is 4.03. The molecule has 0 fully saturated rings. The number of primary sulfonamides is 1. The zero-order chi connectivity index (χ0) is 13.1. The van der Waals surface area contributed by atoms with E-state index >= 15 is 0 Å². The third-order valence-corrected chi connectivity index (χ3v) is 5.33. The lowest BCUT2D eigenvalue weighted by molar-refractivity contribution is 0.598. The maximum absolute atomic E-state index is 11.5. The Labute approximate surface area is 107 Å². The molecule has 5 heteroatoms. The van der Waals surface area contributed by atoms with Crippen LogP contribution in [0.25, 0.3) is 0 Å². The van der Waals surface area contributed by atoms with E-state index in [2.05, 4.69) is 13.5 Å². The highest BCUT2D eigenvalue weighted by atomic mass is 32.2. The summed E-state index contributed by atoms with van der Waals surface area (Å²) < 4.78 is 23.4. The molecule has 17 heavy (non-hydrogen) atoms. The van der Waals surface area contributed by atoms with Crippen LogP contribution in [0.5, 0.6) is 0 Å². The third-order valence-electron chi connectivity index (χ3n) is 2.64. The summed E-state index contributed by atoms with van der Waals surface area (Å²) in [5.74, 6) is 0. The summed E-state index contributed by atoms with van der Waals surface area (Å²) in [7, 11) is -3.60. The van der Waals surface area contributed by atoms with Crippen molar-refractivity contribution in [1.82, 2.24) is 0 Å². The molecule has 0 saturated heterocycles. The van der Waals surface area contributed by atoms with E-state index in [1.165, 1.54) is 11.3 Å². The monoisotopic (exact) mass is 273 g/mol. The number of allylic oxidation sites excluding steroid dienone is 1. The molecule has 0 radical (unpaired) electrons. The van der Waals surface area contributed by atoms with E-state index in [9.17, 15) is 8.42 Å². The summed E-state index contributed by atoms with van der Waals surface area (Å²) >= 11 is 1.29. The zero-order valence-corrected chi connectivity index (χ0v) is 12.0. The summed E-state index contributed by atoms with van der Waals surface area (Å²) in [5.41, 5.74) is 2.06. The number of rotatable bonds is 6. The summed E-state index contributed by atoms with van der Waals surface area (Å²) in [6.45, 7) is 7.72. The van der Waals surface area contributed by atoms with E-state index in [1.54, 1.807) is 6.08 Å². The SMILES string of the molecule is C=CCCc1c(S(N)(=O)=O)sc(C)c1CCC. The summed E-state index contributed by atoms with van der Waals surface area (Å²) in [6.07, 6.45) is 5.19. The maximum Gasteiger partial charge on any atom is 0.247 e. The lowest BCUT2D eigenvalue weighted by atomic mass is 10.0. The normalized spacial score (nSPS) is 11.7. The molecule has 0 aromatic carbocycles.